The number of aromatic nitrogens is 4. The summed E-state index contributed by atoms with van der Waals surface area (Å²) in [5.74, 6) is 0. The molecule has 0 radical (unpaired) electrons. The second-order valence-corrected chi connectivity index (χ2v) is 4.75. The zero-order valence-electron chi connectivity index (χ0n) is 10.1. The van der Waals surface area contributed by atoms with Crippen LogP contribution in [0.2, 0.25) is 0 Å². The van der Waals surface area contributed by atoms with Gasteiger partial charge < -0.3 is 4.90 Å². The van der Waals surface area contributed by atoms with Crippen LogP contribution in [-0.2, 0) is 6.54 Å². The number of likely N-dealkylation sites (N-methyl/N-ethyl adjacent to an activating group) is 1. The Morgan fingerprint density at radius 1 is 1.41 bits per heavy atom. The largest absolute Gasteiger partial charge is 0.302 e. The van der Waals surface area contributed by atoms with Gasteiger partial charge in [-0.15, -0.1) is 5.10 Å². The molecule has 5 nitrogen and oxygen atoms in total. The lowest BCUT2D eigenvalue weighted by atomic mass is 10.0. The van der Waals surface area contributed by atoms with E-state index in [-0.39, 0.29) is 0 Å². The third-order valence-corrected chi connectivity index (χ3v) is 3.58. The van der Waals surface area contributed by atoms with E-state index in [0.29, 0.717) is 6.04 Å². The second kappa shape index (κ2) is 4.41. The molecule has 5 heteroatoms. The number of nitrogens with zero attached hydrogens (tertiary/aromatic N) is 5. The van der Waals surface area contributed by atoms with E-state index >= 15 is 0 Å². The van der Waals surface area contributed by atoms with Gasteiger partial charge in [0.15, 0.2) is 5.65 Å². The lowest BCUT2D eigenvalue weighted by molar-refractivity contribution is 0.164. The molecule has 1 unspecified atom stereocenters. The van der Waals surface area contributed by atoms with Crippen molar-refractivity contribution in [2.75, 3.05) is 13.6 Å². The number of fused-ring (bicyclic) bond motifs is 1. The van der Waals surface area contributed by atoms with Crippen LogP contribution in [-0.4, -0.2) is 44.5 Å². The molecule has 0 aliphatic carbocycles. The third-order valence-electron chi connectivity index (χ3n) is 3.58. The van der Waals surface area contributed by atoms with Crippen molar-refractivity contribution >= 4 is 11.2 Å². The maximum atomic E-state index is 4.35. The zero-order valence-corrected chi connectivity index (χ0v) is 10.1. The van der Waals surface area contributed by atoms with Crippen molar-refractivity contribution in [1.82, 2.24) is 24.9 Å². The summed E-state index contributed by atoms with van der Waals surface area (Å²) in [7, 11) is 2.19. The lowest BCUT2D eigenvalue weighted by Crippen LogP contribution is -2.39. The van der Waals surface area contributed by atoms with E-state index in [2.05, 4.69) is 27.2 Å². The van der Waals surface area contributed by atoms with Gasteiger partial charge in [0, 0.05) is 12.2 Å². The molecule has 0 aromatic carbocycles. The van der Waals surface area contributed by atoms with Crippen LogP contribution in [0, 0.1) is 0 Å². The number of hydrogen-bond donors (Lipinski definition) is 0. The molecule has 1 aliphatic heterocycles. The maximum Gasteiger partial charge on any atom is 0.178 e. The Balaban J connectivity index is 1.84. The molecular formula is C12H17N5. The fraction of sp³-hybridized carbons (Fsp3) is 0.583. The highest BCUT2D eigenvalue weighted by molar-refractivity contribution is 5.68. The van der Waals surface area contributed by atoms with Crippen molar-refractivity contribution in [1.29, 1.82) is 0 Å². The van der Waals surface area contributed by atoms with Gasteiger partial charge in [0.05, 0.1) is 6.54 Å². The molecule has 0 spiro atoms. The summed E-state index contributed by atoms with van der Waals surface area (Å²) in [6.07, 6.45) is 5.66. The molecular weight excluding hydrogens is 214 g/mol. The normalized spacial score (nSPS) is 22.1. The average Bonchev–Trinajstić information content (AvgIpc) is 2.76. The standard InChI is InChI=1S/C12H17N5/c1-16-8-3-2-5-10(16)9-17-12-11(14-15-17)6-4-7-13-12/h4,6-7,10H,2-3,5,8-9H2,1H3. The van der Waals surface area contributed by atoms with Crippen LogP contribution in [0.25, 0.3) is 11.2 Å². The highest BCUT2D eigenvalue weighted by atomic mass is 15.4. The molecule has 3 rings (SSSR count). The first kappa shape index (κ1) is 10.7. The molecule has 90 valence electrons. The molecule has 1 fully saturated rings. The Morgan fingerprint density at radius 3 is 3.24 bits per heavy atom. The van der Waals surface area contributed by atoms with E-state index in [0.717, 1.165) is 17.7 Å². The minimum atomic E-state index is 0.565. The first-order chi connectivity index (χ1) is 8.34. The topological polar surface area (TPSA) is 46.8 Å². The summed E-state index contributed by atoms with van der Waals surface area (Å²) >= 11 is 0. The van der Waals surface area contributed by atoms with Crippen LogP contribution >= 0.6 is 0 Å². The Bertz CT molecular complexity index is 506. The van der Waals surface area contributed by atoms with Crippen molar-refractivity contribution < 1.29 is 0 Å². The predicted molar refractivity (Wildman–Crippen MR) is 65.6 cm³/mol. The van der Waals surface area contributed by atoms with Gasteiger partial charge in [-0.25, -0.2) is 9.67 Å². The number of pyridine rings is 1. The number of rotatable bonds is 2. The third kappa shape index (κ3) is 2.02. The molecule has 2 aromatic rings. The quantitative estimate of drug-likeness (QED) is 0.782. The average molecular weight is 231 g/mol. The molecule has 0 bridgehead atoms. The van der Waals surface area contributed by atoms with Crippen LogP contribution in [0.4, 0.5) is 0 Å². The van der Waals surface area contributed by atoms with E-state index in [1.807, 2.05) is 16.8 Å². The van der Waals surface area contributed by atoms with Crippen molar-refractivity contribution in [3.05, 3.63) is 18.3 Å². The highest BCUT2D eigenvalue weighted by Crippen LogP contribution is 2.17. The van der Waals surface area contributed by atoms with E-state index in [1.165, 1.54) is 25.8 Å². The van der Waals surface area contributed by atoms with Crippen molar-refractivity contribution in [2.24, 2.45) is 0 Å². The van der Waals surface area contributed by atoms with Crippen LogP contribution in [0.1, 0.15) is 19.3 Å². The van der Waals surface area contributed by atoms with Crippen LogP contribution < -0.4 is 0 Å². The highest BCUT2D eigenvalue weighted by Gasteiger charge is 2.20. The van der Waals surface area contributed by atoms with E-state index in [4.69, 9.17) is 0 Å². The fourth-order valence-electron chi connectivity index (χ4n) is 2.51. The molecule has 1 saturated heterocycles. The van der Waals surface area contributed by atoms with Crippen molar-refractivity contribution in [3.63, 3.8) is 0 Å². The van der Waals surface area contributed by atoms with E-state index in [1.54, 1.807) is 6.20 Å². The van der Waals surface area contributed by atoms with Crippen LogP contribution in [0.3, 0.4) is 0 Å². The van der Waals surface area contributed by atoms with Gasteiger partial charge in [0.1, 0.15) is 5.52 Å². The number of piperidine rings is 1. The molecule has 0 N–H and O–H groups in total. The number of likely N-dealkylation sites (tertiary alicyclic amines) is 1. The molecule has 3 heterocycles. The predicted octanol–water partition coefficient (Wildman–Crippen LogP) is 1.31. The lowest BCUT2D eigenvalue weighted by Gasteiger charge is -2.32. The van der Waals surface area contributed by atoms with Gasteiger partial charge in [0.2, 0.25) is 0 Å². The summed E-state index contributed by atoms with van der Waals surface area (Å²) in [6, 6.07) is 4.42. The summed E-state index contributed by atoms with van der Waals surface area (Å²) in [5, 5.41) is 8.34. The minimum absolute atomic E-state index is 0.565. The van der Waals surface area contributed by atoms with Crippen molar-refractivity contribution in [2.45, 2.75) is 31.8 Å². The van der Waals surface area contributed by atoms with Gasteiger partial charge in [-0.05, 0) is 38.6 Å². The van der Waals surface area contributed by atoms with Crippen LogP contribution in [0.15, 0.2) is 18.3 Å². The number of hydrogen-bond acceptors (Lipinski definition) is 4. The Kier molecular flexibility index (Phi) is 2.76. The molecule has 0 saturated carbocycles. The zero-order chi connectivity index (χ0) is 11.7. The van der Waals surface area contributed by atoms with Gasteiger partial charge in [-0.1, -0.05) is 11.6 Å². The summed E-state index contributed by atoms with van der Waals surface area (Å²) in [5.41, 5.74) is 1.78. The summed E-state index contributed by atoms with van der Waals surface area (Å²) < 4.78 is 1.93. The second-order valence-electron chi connectivity index (χ2n) is 4.75. The minimum Gasteiger partial charge on any atom is -0.302 e. The van der Waals surface area contributed by atoms with E-state index < -0.39 is 0 Å². The first-order valence-electron chi connectivity index (χ1n) is 6.19. The molecule has 0 amide bonds. The van der Waals surface area contributed by atoms with Crippen molar-refractivity contribution in [3.8, 4) is 0 Å². The van der Waals surface area contributed by atoms with Gasteiger partial charge in [0.25, 0.3) is 0 Å². The van der Waals surface area contributed by atoms with E-state index in [9.17, 15) is 0 Å². The molecule has 17 heavy (non-hydrogen) atoms. The van der Waals surface area contributed by atoms with Gasteiger partial charge in [-0.3, -0.25) is 0 Å². The molecule has 1 atom stereocenters. The Hall–Kier alpha value is -1.49. The van der Waals surface area contributed by atoms with Crippen LogP contribution in [0.5, 0.6) is 0 Å². The monoisotopic (exact) mass is 231 g/mol. The first-order valence-corrected chi connectivity index (χ1v) is 6.19. The van der Waals surface area contributed by atoms with Gasteiger partial charge >= 0.3 is 0 Å². The van der Waals surface area contributed by atoms with Gasteiger partial charge in [-0.2, -0.15) is 0 Å². The molecule has 1 aliphatic rings. The summed E-state index contributed by atoms with van der Waals surface area (Å²) in [4.78, 5) is 6.77. The smallest absolute Gasteiger partial charge is 0.178 e. The SMILES string of the molecule is CN1CCCCC1Cn1nnc2cccnc21. The molecule has 2 aromatic heterocycles. The Labute approximate surface area is 100 Å². The maximum absolute atomic E-state index is 4.35. The fourth-order valence-corrected chi connectivity index (χ4v) is 2.51. The Morgan fingerprint density at radius 2 is 2.35 bits per heavy atom. The summed E-state index contributed by atoms with van der Waals surface area (Å²) in [6.45, 7) is 2.08.